The van der Waals surface area contributed by atoms with Crippen molar-refractivity contribution in [3.05, 3.63) is 29.8 Å². The number of nitrogens with one attached hydrogen (secondary N) is 1. The second kappa shape index (κ2) is 7.86. The third-order valence-electron chi connectivity index (χ3n) is 5.52. The van der Waals surface area contributed by atoms with Crippen molar-refractivity contribution in [2.24, 2.45) is 4.99 Å². The molecule has 1 spiro atoms. The molecule has 1 aromatic carbocycles. The summed E-state index contributed by atoms with van der Waals surface area (Å²) in [7, 11) is -3.05. The highest BCUT2D eigenvalue weighted by Gasteiger charge is 2.48. The van der Waals surface area contributed by atoms with Gasteiger partial charge < -0.3 is 15.3 Å². The fourth-order valence-corrected chi connectivity index (χ4v) is 6.17. The lowest BCUT2D eigenvalue weighted by Crippen LogP contribution is -2.60. The van der Waals surface area contributed by atoms with E-state index in [4.69, 9.17) is 4.99 Å². The second-order valence-corrected chi connectivity index (χ2v) is 9.82. The first kappa shape index (κ1) is 19.0. The Balaban J connectivity index is 1.79. The Bertz CT molecular complexity index is 738. The number of nitrogens with zero attached hydrogens (tertiary/aromatic N) is 2. The molecule has 144 valence electrons. The molecule has 0 bridgehead atoms. The zero-order valence-electron chi connectivity index (χ0n) is 15.4. The molecule has 2 N–H and O–H groups in total. The van der Waals surface area contributed by atoms with Crippen molar-refractivity contribution in [2.45, 2.75) is 50.3 Å². The highest BCUT2D eigenvalue weighted by Crippen LogP contribution is 2.38. The summed E-state index contributed by atoms with van der Waals surface area (Å²) in [5, 5.41) is 12.7. The van der Waals surface area contributed by atoms with E-state index >= 15 is 0 Å². The van der Waals surface area contributed by atoms with E-state index < -0.39 is 14.6 Å². The molecule has 1 aliphatic heterocycles. The van der Waals surface area contributed by atoms with Gasteiger partial charge in [0, 0.05) is 19.6 Å². The lowest BCUT2D eigenvalue weighted by atomic mass is 9.87. The largest absolute Gasteiger partial charge is 0.508 e. The fourth-order valence-electron chi connectivity index (χ4n) is 4.01. The van der Waals surface area contributed by atoms with E-state index in [1.54, 1.807) is 12.1 Å². The van der Waals surface area contributed by atoms with Crippen LogP contribution in [0.2, 0.25) is 0 Å². The van der Waals surface area contributed by atoms with Crippen molar-refractivity contribution in [1.29, 1.82) is 0 Å². The van der Waals surface area contributed by atoms with Gasteiger partial charge in [-0.25, -0.2) is 13.4 Å². The van der Waals surface area contributed by atoms with Crippen LogP contribution < -0.4 is 5.32 Å². The molecule has 0 radical (unpaired) electrons. The van der Waals surface area contributed by atoms with Crippen molar-refractivity contribution in [3.8, 4) is 5.75 Å². The van der Waals surface area contributed by atoms with Crippen molar-refractivity contribution in [2.75, 3.05) is 25.4 Å². The molecular weight excluding hydrogens is 350 g/mol. The molecule has 1 saturated heterocycles. The molecule has 0 unspecified atom stereocenters. The predicted octanol–water partition coefficient (Wildman–Crippen LogP) is 2.29. The molecule has 1 aromatic rings. The van der Waals surface area contributed by atoms with Gasteiger partial charge >= 0.3 is 0 Å². The van der Waals surface area contributed by atoms with Gasteiger partial charge in [-0.2, -0.15) is 0 Å². The minimum atomic E-state index is -3.05. The summed E-state index contributed by atoms with van der Waals surface area (Å²) in [5.74, 6) is 1.22. The van der Waals surface area contributed by atoms with Gasteiger partial charge in [-0.1, -0.05) is 31.4 Å². The number of phenols is 1. The van der Waals surface area contributed by atoms with Crippen LogP contribution in [0.1, 0.15) is 44.6 Å². The summed E-state index contributed by atoms with van der Waals surface area (Å²) in [4.78, 5) is 6.84. The highest BCUT2D eigenvalue weighted by atomic mass is 32.2. The smallest absolute Gasteiger partial charge is 0.194 e. The van der Waals surface area contributed by atoms with E-state index in [0.717, 1.165) is 50.2 Å². The van der Waals surface area contributed by atoms with Crippen LogP contribution in [0.4, 0.5) is 0 Å². The Hall–Kier alpha value is -1.76. The lowest BCUT2D eigenvalue weighted by molar-refractivity contribution is 0.274. The number of phenolic OH excluding ortho intramolecular Hbond substituents is 1. The van der Waals surface area contributed by atoms with Gasteiger partial charge in [0.15, 0.2) is 15.8 Å². The molecule has 3 rings (SSSR count). The first-order chi connectivity index (χ1) is 12.5. The average Bonchev–Trinajstić information content (AvgIpc) is 2.63. The van der Waals surface area contributed by atoms with Gasteiger partial charge in [0.25, 0.3) is 0 Å². The van der Waals surface area contributed by atoms with Crippen molar-refractivity contribution < 1.29 is 13.5 Å². The van der Waals surface area contributed by atoms with Gasteiger partial charge in [-0.3, -0.25) is 0 Å². The predicted molar refractivity (Wildman–Crippen MR) is 104 cm³/mol. The topological polar surface area (TPSA) is 82.0 Å². The van der Waals surface area contributed by atoms with Gasteiger partial charge in [0.1, 0.15) is 5.75 Å². The first-order valence-corrected chi connectivity index (χ1v) is 11.1. The molecule has 6 nitrogen and oxygen atoms in total. The maximum atomic E-state index is 12.8. The summed E-state index contributed by atoms with van der Waals surface area (Å²) < 4.78 is 25.0. The first-order valence-electron chi connectivity index (χ1n) is 9.49. The van der Waals surface area contributed by atoms with Gasteiger partial charge in [0.05, 0.1) is 17.0 Å². The van der Waals surface area contributed by atoms with E-state index in [9.17, 15) is 13.5 Å². The third-order valence-corrected chi connectivity index (χ3v) is 8.09. The Labute approximate surface area is 156 Å². The summed E-state index contributed by atoms with van der Waals surface area (Å²) in [5.41, 5.74) is 1.01. The number of sulfone groups is 1. The molecule has 7 heteroatoms. The quantitative estimate of drug-likeness (QED) is 0.622. The molecule has 1 heterocycles. The SMILES string of the molecule is CCNC(=NCc1ccc(O)cc1)N1CCS(=O)(=O)C2(CCCCC2)C1. The van der Waals surface area contributed by atoms with E-state index in [1.165, 1.54) is 0 Å². The third kappa shape index (κ3) is 3.98. The standard InChI is InChI=1S/C19H29N3O3S/c1-2-20-18(21-14-16-6-8-17(23)9-7-16)22-12-13-26(24,25)19(15-22)10-4-3-5-11-19/h6-9,23H,2-5,10-15H2,1H3,(H,20,21). The molecule has 1 saturated carbocycles. The lowest BCUT2D eigenvalue weighted by Gasteiger charge is -2.45. The maximum Gasteiger partial charge on any atom is 0.194 e. The summed E-state index contributed by atoms with van der Waals surface area (Å²) in [6, 6.07) is 7.02. The monoisotopic (exact) mass is 379 g/mol. The summed E-state index contributed by atoms with van der Waals surface area (Å²) in [6.45, 7) is 4.29. The van der Waals surface area contributed by atoms with Crippen LogP contribution in [-0.2, 0) is 16.4 Å². The van der Waals surface area contributed by atoms with Crippen LogP contribution in [0.15, 0.2) is 29.3 Å². The zero-order chi connectivity index (χ0) is 18.6. The van der Waals surface area contributed by atoms with Crippen LogP contribution in [0.3, 0.4) is 0 Å². The average molecular weight is 380 g/mol. The molecule has 2 aliphatic rings. The number of hydrogen-bond donors (Lipinski definition) is 2. The van der Waals surface area contributed by atoms with Gasteiger partial charge in [0.2, 0.25) is 0 Å². The Morgan fingerprint density at radius 2 is 1.92 bits per heavy atom. The molecule has 0 aromatic heterocycles. The number of aromatic hydroxyl groups is 1. The molecule has 0 atom stereocenters. The maximum absolute atomic E-state index is 12.8. The number of hydrogen-bond acceptors (Lipinski definition) is 4. The van der Waals surface area contributed by atoms with Gasteiger partial charge in [-0.15, -0.1) is 0 Å². The Kier molecular flexibility index (Phi) is 5.75. The van der Waals surface area contributed by atoms with Crippen LogP contribution in [0.5, 0.6) is 5.75 Å². The fraction of sp³-hybridized carbons (Fsp3) is 0.632. The molecular formula is C19H29N3O3S. The van der Waals surface area contributed by atoms with Gasteiger partial charge in [-0.05, 0) is 37.5 Å². The van der Waals surface area contributed by atoms with E-state index in [1.807, 2.05) is 19.1 Å². The van der Waals surface area contributed by atoms with Crippen LogP contribution in [-0.4, -0.2) is 54.5 Å². The summed E-state index contributed by atoms with van der Waals surface area (Å²) in [6.07, 6.45) is 4.65. The van der Waals surface area contributed by atoms with E-state index in [0.29, 0.717) is 19.6 Å². The normalized spacial score (nSPS) is 22.3. The van der Waals surface area contributed by atoms with Crippen molar-refractivity contribution >= 4 is 15.8 Å². The molecule has 0 amide bonds. The van der Waals surface area contributed by atoms with E-state index in [2.05, 4.69) is 10.2 Å². The second-order valence-electron chi connectivity index (χ2n) is 7.32. The molecule has 2 fully saturated rings. The molecule has 26 heavy (non-hydrogen) atoms. The summed E-state index contributed by atoms with van der Waals surface area (Å²) >= 11 is 0. The van der Waals surface area contributed by atoms with Crippen LogP contribution in [0, 0.1) is 0 Å². The number of aliphatic imine (C=N–C) groups is 1. The van der Waals surface area contributed by atoms with E-state index in [-0.39, 0.29) is 11.5 Å². The van der Waals surface area contributed by atoms with Crippen molar-refractivity contribution in [1.82, 2.24) is 10.2 Å². The Morgan fingerprint density at radius 3 is 2.58 bits per heavy atom. The molecule has 1 aliphatic carbocycles. The Morgan fingerprint density at radius 1 is 1.23 bits per heavy atom. The number of guanidine groups is 1. The van der Waals surface area contributed by atoms with Crippen LogP contribution >= 0.6 is 0 Å². The van der Waals surface area contributed by atoms with Crippen LogP contribution in [0.25, 0.3) is 0 Å². The highest BCUT2D eigenvalue weighted by molar-refractivity contribution is 7.92. The number of benzene rings is 1. The van der Waals surface area contributed by atoms with Crippen molar-refractivity contribution in [3.63, 3.8) is 0 Å². The minimum absolute atomic E-state index is 0.205. The number of rotatable bonds is 3. The minimum Gasteiger partial charge on any atom is -0.508 e. The zero-order valence-corrected chi connectivity index (χ0v) is 16.3.